The summed E-state index contributed by atoms with van der Waals surface area (Å²) in [6.07, 6.45) is 1.54. The second kappa shape index (κ2) is 4.45. The van der Waals surface area contributed by atoms with Gasteiger partial charge in [-0.1, -0.05) is 11.6 Å². The first kappa shape index (κ1) is 12.9. The van der Waals surface area contributed by atoms with E-state index in [1.807, 2.05) is 26.0 Å². The van der Waals surface area contributed by atoms with Gasteiger partial charge in [-0.05, 0) is 37.6 Å². The maximum atomic E-state index is 12.6. The van der Waals surface area contributed by atoms with Gasteiger partial charge in [0.05, 0.1) is 11.4 Å². The second-order valence-corrected chi connectivity index (χ2v) is 5.19. The summed E-state index contributed by atoms with van der Waals surface area (Å²) in [5.74, 6) is 0. The van der Waals surface area contributed by atoms with Crippen molar-refractivity contribution in [1.82, 2.24) is 19.3 Å². The van der Waals surface area contributed by atoms with Crippen molar-refractivity contribution in [2.75, 3.05) is 0 Å². The quantitative estimate of drug-likeness (QED) is 0.691. The smallest absolute Gasteiger partial charge is 0.266 e. The molecule has 0 aliphatic heterocycles. The minimum atomic E-state index is -0.136. The van der Waals surface area contributed by atoms with Crippen molar-refractivity contribution in [2.45, 2.75) is 13.8 Å². The SMILES string of the molecule is Cc1cc(Cl)ccc1-n1cnc2c(C)nn(C)c2c1=O. The van der Waals surface area contributed by atoms with Crippen molar-refractivity contribution in [3.05, 3.63) is 51.2 Å². The van der Waals surface area contributed by atoms with Gasteiger partial charge in [0.25, 0.3) is 5.56 Å². The zero-order chi connectivity index (χ0) is 14.4. The molecule has 6 heteroatoms. The number of benzene rings is 1. The predicted octanol–water partition coefficient (Wildman–Crippen LogP) is 2.39. The van der Waals surface area contributed by atoms with Crippen LogP contribution in [-0.4, -0.2) is 19.3 Å². The molecular weight excluding hydrogens is 276 g/mol. The van der Waals surface area contributed by atoms with Crippen LogP contribution in [0.1, 0.15) is 11.3 Å². The monoisotopic (exact) mass is 288 g/mol. The van der Waals surface area contributed by atoms with Crippen LogP contribution in [0.5, 0.6) is 0 Å². The van der Waals surface area contributed by atoms with E-state index < -0.39 is 0 Å². The fourth-order valence-corrected chi connectivity index (χ4v) is 2.61. The molecule has 0 saturated carbocycles. The van der Waals surface area contributed by atoms with Gasteiger partial charge in [-0.25, -0.2) is 4.98 Å². The van der Waals surface area contributed by atoms with Crippen molar-refractivity contribution in [1.29, 1.82) is 0 Å². The lowest BCUT2D eigenvalue weighted by molar-refractivity contribution is 0.775. The van der Waals surface area contributed by atoms with Gasteiger partial charge in [0.2, 0.25) is 0 Å². The molecule has 5 nitrogen and oxygen atoms in total. The Kier molecular flexibility index (Phi) is 2.87. The highest BCUT2D eigenvalue weighted by molar-refractivity contribution is 6.30. The standard InChI is InChI=1S/C14H13ClN4O/c1-8-6-10(15)4-5-11(8)19-7-16-12-9(2)17-18(3)13(12)14(19)20/h4-7H,1-3H3. The summed E-state index contributed by atoms with van der Waals surface area (Å²) in [7, 11) is 1.75. The van der Waals surface area contributed by atoms with E-state index in [4.69, 9.17) is 11.6 Å². The molecular formula is C14H13ClN4O. The van der Waals surface area contributed by atoms with E-state index in [-0.39, 0.29) is 5.56 Å². The average Bonchev–Trinajstić information content (AvgIpc) is 2.67. The minimum Gasteiger partial charge on any atom is -0.266 e. The van der Waals surface area contributed by atoms with Crippen LogP contribution < -0.4 is 5.56 Å². The van der Waals surface area contributed by atoms with Crippen LogP contribution in [-0.2, 0) is 7.05 Å². The third-order valence-corrected chi connectivity index (χ3v) is 3.57. The van der Waals surface area contributed by atoms with E-state index in [1.54, 1.807) is 17.8 Å². The molecule has 0 aliphatic carbocycles. The van der Waals surface area contributed by atoms with Crippen LogP contribution in [0.15, 0.2) is 29.3 Å². The average molecular weight is 289 g/mol. The van der Waals surface area contributed by atoms with Crippen LogP contribution in [0.3, 0.4) is 0 Å². The number of halogens is 1. The highest BCUT2D eigenvalue weighted by Gasteiger charge is 2.14. The Morgan fingerprint density at radius 3 is 2.70 bits per heavy atom. The molecule has 2 aromatic heterocycles. The lowest BCUT2D eigenvalue weighted by Gasteiger charge is -2.09. The summed E-state index contributed by atoms with van der Waals surface area (Å²) < 4.78 is 3.09. The van der Waals surface area contributed by atoms with E-state index in [2.05, 4.69) is 10.1 Å². The molecule has 0 saturated heterocycles. The molecule has 0 radical (unpaired) electrons. The van der Waals surface area contributed by atoms with E-state index in [1.165, 1.54) is 10.9 Å². The molecule has 3 aromatic rings. The molecule has 3 rings (SSSR count). The van der Waals surface area contributed by atoms with Crippen molar-refractivity contribution < 1.29 is 0 Å². The molecule has 0 amide bonds. The molecule has 2 heterocycles. The van der Waals surface area contributed by atoms with Crippen molar-refractivity contribution in [2.24, 2.45) is 7.05 Å². The van der Waals surface area contributed by atoms with Crippen LogP contribution in [0.4, 0.5) is 0 Å². The first-order valence-electron chi connectivity index (χ1n) is 6.16. The third-order valence-electron chi connectivity index (χ3n) is 3.33. The maximum absolute atomic E-state index is 12.6. The molecule has 0 spiro atoms. The third kappa shape index (κ3) is 1.82. The van der Waals surface area contributed by atoms with Gasteiger partial charge in [0.1, 0.15) is 11.8 Å². The second-order valence-electron chi connectivity index (χ2n) is 4.76. The van der Waals surface area contributed by atoms with Gasteiger partial charge in [-0.2, -0.15) is 5.10 Å². The lowest BCUT2D eigenvalue weighted by atomic mass is 10.2. The van der Waals surface area contributed by atoms with Crippen molar-refractivity contribution in [3.8, 4) is 5.69 Å². The Labute approximate surface area is 120 Å². The largest absolute Gasteiger partial charge is 0.284 e. The zero-order valence-electron chi connectivity index (χ0n) is 11.4. The van der Waals surface area contributed by atoms with Gasteiger partial charge in [0, 0.05) is 12.1 Å². The topological polar surface area (TPSA) is 52.7 Å². The van der Waals surface area contributed by atoms with E-state index in [9.17, 15) is 4.79 Å². The Morgan fingerprint density at radius 2 is 2.00 bits per heavy atom. The Morgan fingerprint density at radius 1 is 1.25 bits per heavy atom. The highest BCUT2D eigenvalue weighted by Crippen LogP contribution is 2.18. The molecule has 0 aliphatic rings. The summed E-state index contributed by atoms with van der Waals surface area (Å²) >= 11 is 5.95. The van der Waals surface area contributed by atoms with Crippen LogP contribution in [0.2, 0.25) is 5.02 Å². The molecule has 0 atom stereocenters. The number of nitrogens with zero attached hydrogens (tertiary/aromatic N) is 4. The summed E-state index contributed by atoms with van der Waals surface area (Å²) in [6, 6.07) is 5.40. The lowest BCUT2D eigenvalue weighted by Crippen LogP contribution is -2.21. The minimum absolute atomic E-state index is 0.136. The van der Waals surface area contributed by atoms with Gasteiger partial charge >= 0.3 is 0 Å². The van der Waals surface area contributed by atoms with Crippen molar-refractivity contribution in [3.63, 3.8) is 0 Å². The number of aryl methyl sites for hydroxylation is 3. The fourth-order valence-electron chi connectivity index (χ4n) is 2.38. The normalized spacial score (nSPS) is 11.2. The number of hydrogen-bond donors (Lipinski definition) is 0. The zero-order valence-corrected chi connectivity index (χ0v) is 12.1. The predicted molar refractivity (Wildman–Crippen MR) is 78.6 cm³/mol. The number of fused-ring (bicyclic) bond motifs is 1. The van der Waals surface area contributed by atoms with Crippen LogP contribution in [0.25, 0.3) is 16.7 Å². The van der Waals surface area contributed by atoms with E-state index in [0.717, 1.165) is 16.9 Å². The number of hydrogen-bond acceptors (Lipinski definition) is 3. The molecule has 0 fully saturated rings. The first-order valence-corrected chi connectivity index (χ1v) is 6.54. The Bertz CT molecular complexity index is 879. The molecule has 1 aromatic carbocycles. The number of aromatic nitrogens is 4. The summed E-state index contributed by atoms with van der Waals surface area (Å²) in [4.78, 5) is 17.0. The Hall–Kier alpha value is -2.14. The molecule has 0 unspecified atom stereocenters. The number of rotatable bonds is 1. The summed E-state index contributed by atoms with van der Waals surface area (Å²) in [5.41, 5.74) is 3.44. The van der Waals surface area contributed by atoms with E-state index >= 15 is 0 Å². The Balaban J connectivity index is 2.35. The highest BCUT2D eigenvalue weighted by atomic mass is 35.5. The molecule has 102 valence electrons. The van der Waals surface area contributed by atoms with Gasteiger partial charge in [0.15, 0.2) is 5.52 Å². The van der Waals surface area contributed by atoms with Gasteiger partial charge < -0.3 is 0 Å². The first-order chi connectivity index (χ1) is 9.49. The molecule has 0 bridgehead atoms. The van der Waals surface area contributed by atoms with Gasteiger partial charge in [-0.3, -0.25) is 14.0 Å². The molecule has 0 N–H and O–H groups in total. The van der Waals surface area contributed by atoms with E-state index in [0.29, 0.717) is 16.1 Å². The van der Waals surface area contributed by atoms with Crippen LogP contribution in [0, 0.1) is 13.8 Å². The van der Waals surface area contributed by atoms with Crippen LogP contribution >= 0.6 is 11.6 Å². The maximum Gasteiger partial charge on any atom is 0.284 e. The summed E-state index contributed by atoms with van der Waals surface area (Å²) in [6.45, 7) is 3.75. The summed E-state index contributed by atoms with van der Waals surface area (Å²) in [5, 5.41) is 4.89. The van der Waals surface area contributed by atoms with Crippen molar-refractivity contribution >= 4 is 22.6 Å². The molecule has 20 heavy (non-hydrogen) atoms. The van der Waals surface area contributed by atoms with Gasteiger partial charge in [-0.15, -0.1) is 0 Å². The fraction of sp³-hybridized carbons (Fsp3) is 0.214.